The lowest BCUT2D eigenvalue weighted by Crippen LogP contribution is -2.50. The Bertz CT molecular complexity index is 1050. The highest BCUT2D eigenvalue weighted by Crippen LogP contribution is 2.22. The molecule has 4 heterocycles. The number of aryl methyl sites for hydroxylation is 1. The summed E-state index contributed by atoms with van der Waals surface area (Å²) in [5.74, 6) is 1.94. The van der Waals surface area contributed by atoms with Gasteiger partial charge < -0.3 is 19.3 Å². The Morgan fingerprint density at radius 3 is 2.53 bits per heavy atom. The molecule has 2 aliphatic rings. The highest BCUT2D eigenvalue weighted by Gasteiger charge is 2.24. The number of nitrogens with zero attached hydrogens (tertiary/aromatic N) is 7. The molecule has 8 nitrogen and oxygen atoms in total. The van der Waals surface area contributed by atoms with Crippen LogP contribution in [-0.2, 0) is 11.3 Å². The van der Waals surface area contributed by atoms with Crippen LogP contribution >= 0.6 is 0 Å². The van der Waals surface area contributed by atoms with E-state index < -0.39 is 0 Å². The van der Waals surface area contributed by atoms with E-state index in [1.807, 2.05) is 40.7 Å². The van der Waals surface area contributed by atoms with E-state index in [4.69, 9.17) is 4.98 Å². The number of amides is 1. The average molecular weight is 406 g/mol. The first kappa shape index (κ1) is 18.8. The molecule has 156 valence electrons. The van der Waals surface area contributed by atoms with Crippen LogP contribution in [0.5, 0.6) is 0 Å². The molecule has 1 aromatic carbocycles. The Labute approximate surface area is 176 Å². The van der Waals surface area contributed by atoms with E-state index in [0.29, 0.717) is 19.6 Å². The maximum absolute atomic E-state index is 12.9. The quantitative estimate of drug-likeness (QED) is 0.662. The van der Waals surface area contributed by atoms with Gasteiger partial charge in [-0.1, -0.05) is 12.1 Å². The zero-order valence-electron chi connectivity index (χ0n) is 17.4. The van der Waals surface area contributed by atoms with E-state index in [1.54, 1.807) is 6.33 Å². The summed E-state index contributed by atoms with van der Waals surface area (Å²) in [4.78, 5) is 33.2. The summed E-state index contributed by atoms with van der Waals surface area (Å²) in [7, 11) is 0. The monoisotopic (exact) mass is 405 g/mol. The first-order valence-electron chi connectivity index (χ1n) is 10.7. The molecule has 0 bridgehead atoms. The van der Waals surface area contributed by atoms with Crippen molar-refractivity contribution in [1.82, 2.24) is 24.4 Å². The average Bonchev–Trinajstić information content (AvgIpc) is 3.44. The van der Waals surface area contributed by atoms with Crippen LogP contribution in [0.4, 0.5) is 11.8 Å². The van der Waals surface area contributed by atoms with Crippen molar-refractivity contribution in [3.05, 3.63) is 42.4 Å². The van der Waals surface area contributed by atoms with Crippen molar-refractivity contribution in [2.75, 3.05) is 49.1 Å². The third-order valence-corrected chi connectivity index (χ3v) is 6.01. The molecule has 3 aromatic rings. The molecule has 0 radical (unpaired) electrons. The fourth-order valence-electron chi connectivity index (χ4n) is 4.32. The van der Waals surface area contributed by atoms with Crippen molar-refractivity contribution in [3.8, 4) is 0 Å². The zero-order chi connectivity index (χ0) is 20.5. The van der Waals surface area contributed by atoms with Gasteiger partial charge in [-0.2, -0.15) is 4.98 Å². The number of anilines is 2. The van der Waals surface area contributed by atoms with Crippen LogP contribution in [-0.4, -0.2) is 69.6 Å². The molecule has 2 aromatic heterocycles. The van der Waals surface area contributed by atoms with Crippen LogP contribution in [0.3, 0.4) is 0 Å². The number of imidazole rings is 1. The van der Waals surface area contributed by atoms with Gasteiger partial charge in [-0.3, -0.25) is 4.79 Å². The molecule has 1 amide bonds. The van der Waals surface area contributed by atoms with E-state index in [0.717, 1.165) is 54.7 Å². The molecular formula is C22H27N7O. The molecule has 2 aliphatic heterocycles. The van der Waals surface area contributed by atoms with Gasteiger partial charge in [0.25, 0.3) is 0 Å². The molecule has 2 saturated heterocycles. The van der Waals surface area contributed by atoms with Crippen LogP contribution in [0, 0.1) is 6.92 Å². The van der Waals surface area contributed by atoms with Crippen molar-refractivity contribution in [2.45, 2.75) is 26.3 Å². The van der Waals surface area contributed by atoms with Crippen LogP contribution in [0.15, 0.2) is 36.7 Å². The normalized spacial score (nSPS) is 17.2. The Morgan fingerprint density at radius 1 is 0.967 bits per heavy atom. The third-order valence-electron chi connectivity index (χ3n) is 6.01. The van der Waals surface area contributed by atoms with E-state index in [-0.39, 0.29) is 5.91 Å². The number of carbonyl (C=O) groups is 1. The molecule has 0 aliphatic carbocycles. The maximum atomic E-state index is 12.9. The summed E-state index contributed by atoms with van der Waals surface area (Å²) in [6.45, 7) is 7.35. The van der Waals surface area contributed by atoms with E-state index in [9.17, 15) is 4.79 Å². The summed E-state index contributed by atoms with van der Waals surface area (Å²) in [6, 6.07) is 9.98. The highest BCUT2D eigenvalue weighted by molar-refractivity contribution is 5.80. The Hall–Kier alpha value is -3.16. The Balaban J connectivity index is 1.23. The first-order chi connectivity index (χ1) is 14.7. The van der Waals surface area contributed by atoms with E-state index in [1.165, 1.54) is 12.8 Å². The lowest BCUT2D eigenvalue weighted by Gasteiger charge is -2.35. The lowest BCUT2D eigenvalue weighted by molar-refractivity contribution is -0.132. The van der Waals surface area contributed by atoms with Gasteiger partial charge in [-0.05, 0) is 31.9 Å². The predicted molar refractivity (Wildman–Crippen MR) is 117 cm³/mol. The second-order valence-electron chi connectivity index (χ2n) is 8.09. The van der Waals surface area contributed by atoms with Gasteiger partial charge in [0, 0.05) is 51.0 Å². The highest BCUT2D eigenvalue weighted by atomic mass is 16.2. The van der Waals surface area contributed by atoms with Gasteiger partial charge in [-0.25, -0.2) is 9.97 Å². The molecule has 0 saturated carbocycles. The number of hydrogen-bond donors (Lipinski definition) is 0. The summed E-state index contributed by atoms with van der Waals surface area (Å²) in [6.07, 6.45) is 4.20. The second-order valence-corrected chi connectivity index (χ2v) is 8.09. The molecule has 0 unspecified atom stereocenters. The summed E-state index contributed by atoms with van der Waals surface area (Å²) in [5.41, 5.74) is 2.90. The summed E-state index contributed by atoms with van der Waals surface area (Å²) in [5, 5.41) is 0. The van der Waals surface area contributed by atoms with Gasteiger partial charge in [0.1, 0.15) is 12.4 Å². The molecule has 0 N–H and O–H groups in total. The number of carbonyl (C=O) groups excluding carboxylic acids is 1. The molecular weight excluding hydrogens is 378 g/mol. The minimum absolute atomic E-state index is 0.126. The molecule has 0 spiro atoms. The molecule has 8 heteroatoms. The lowest BCUT2D eigenvalue weighted by atomic mass is 10.3. The number of rotatable bonds is 4. The van der Waals surface area contributed by atoms with Crippen molar-refractivity contribution in [1.29, 1.82) is 0 Å². The number of hydrogen-bond acceptors (Lipinski definition) is 6. The number of fused-ring (bicyclic) bond motifs is 1. The van der Waals surface area contributed by atoms with Crippen LogP contribution in [0.2, 0.25) is 0 Å². The first-order valence-corrected chi connectivity index (χ1v) is 10.7. The predicted octanol–water partition coefficient (Wildman–Crippen LogP) is 2.08. The SMILES string of the molecule is Cc1cc(N2CCCC2)nc(N2CCN(C(=O)Cn3cnc4ccccc43)CC2)n1. The van der Waals surface area contributed by atoms with Gasteiger partial charge in [0.15, 0.2) is 0 Å². The molecule has 30 heavy (non-hydrogen) atoms. The molecule has 5 rings (SSSR count). The van der Waals surface area contributed by atoms with Gasteiger partial charge in [-0.15, -0.1) is 0 Å². The topological polar surface area (TPSA) is 70.4 Å². The summed E-state index contributed by atoms with van der Waals surface area (Å²) < 4.78 is 1.93. The fourth-order valence-corrected chi connectivity index (χ4v) is 4.32. The van der Waals surface area contributed by atoms with E-state index >= 15 is 0 Å². The van der Waals surface area contributed by atoms with Crippen molar-refractivity contribution in [3.63, 3.8) is 0 Å². The number of piperazine rings is 1. The Morgan fingerprint density at radius 2 is 1.73 bits per heavy atom. The largest absolute Gasteiger partial charge is 0.356 e. The minimum atomic E-state index is 0.126. The van der Waals surface area contributed by atoms with Crippen LogP contribution in [0.25, 0.3) is 11.0 Å². The minimum Gasteiger partial charge on any atom is -0.356 e. The third kappa shape index (κ3) is 3.69. The van der Waals surface area contributed by atoms with Crippen molar-refractivity contribution < 1.29 is 4.79 Å². The fraction of sp³-hybridized carbons (Fsp3) is 0.455. The maximum Gasteiger partial charge on any atom is 0.242 e. The van der Waals surface area contributed by atoms with Gasteiger partial charge >= 0.3 is 0 Å². The van der Waals surface area contributed by atoms with Crippen LogP contribution < -0.4 is 9.80 Å². The van der Waals surface area contributed by atoms with E-state index in [2.05, 4.69) is 25.8 Å². The Kier molecular flexibility index (Phi) is 4.98. The zero-order valence-corrected chi connectivity index (χ0v) is 17.4. The van der Waals surface area contributed by atoms with Crippen LogP contribution in [0.1, 0.15) is 18.5 Å². The summed E-state index contributed by atoms with van der Waals surface area (Å²) >= 11 is 0. The van der Waals surface area contributed by atoms with Crippen molar-refractivity contribution >= 4 is 28.7 Å². The van der Waals surface area contributed by atoms with Gasteiger partial charge in [0.05, 0.1) is 17.4 Å². The molecule has 0 atom stereocenters. The standard InChI is InChI=1S/C22H27N7O/c1-17-14-20(26-8-4-5-9-26)25-22(24-17)28-12-10-27(11-13-28)21(30)15-29-16-23-18-6-2-3-7-19(18)29/h2-3,6-7,14,16H,4-5,8-13,15H2,1H3. The number of aromatic nitrogens is 4. The second kappa shape index (κ2) is 7.93. The smallest absolute Gasteiger partial charge is 0.242 e. The number of para-hydroxylation sites is 2. The van der Waals surface area contributed by atoms with Crippen molar-refractivity contribution in [2.24, 2.45) is 0 Å². The molecule has 2 fully saturated rings. The van der Waals surface area contributed by atoms with Gasteiger partial charge in [0.2, 0.25) is 11.9 Å². The number of benzene rings is 1.